The summed E-state index contributed by atoms with van der Waals surface area (Å²) in [4.78, 5) is 14.2. The Morgan fingerprint density at radius 3 is 2.72 bits per heavy atom. The molecule has 0 bridgehead atoms. The normalized spacial score (nSPS) is 21.0. The first-order chi connectivity index (χ1) is 15.7. The van der Waals surface area contributed by atoms with Gasteiger partial charge < -0.3 is 15.5 Å². The molecule has 1 aliphatic carbocycles. The van der Waals surface area contributed by atoms with Crippen LogP contribution in [0.5, 0.6) is 0 Å². The summed E-state index contributed by atoms with van der Waals surface area (Å²) in [5.41, 5.74) is 13.6. The van der Waals surface area contributed by atoms with E-state index >= 15 is 0 Å². The van der Waals surface area contributed by atoms with Gasteiger partial charge in [-0.2, -0.15) is 5.10 Å². The molecule has 2 aromatic carbocycles. The molecule has 2 aliphatic heterocycles. The summed E-state index contributed by atoms with van der Waals surface area (Å²) < 4.78 is 0. The zero-order valence-corrected chi connectivity index (χ0v) is 17.8. The van der Waals surface area contributed by atoms with Crippen LogP contribution in [0.1, 0.15) is 29.2 Å². The smallest absolute Gasteiger partial charge is 0.183 e. The van der Waals surface area contributed by atoms with E-state index in [0.29, 0.717) is 0 Å². The van der Waals surface area contributed by atoms with E-state index in [1.54, 1.807) is 0 Å². The Morgan fingerprint density at radius 1 is 1.03 bits per heavy atom. The summed E-state index contributed by atoms with van der Waals surface area (Å²) in [6, 6.07) is 17.2. The minimum absolute atomic E-state index is 0.0876. The zero-order valence-electron chi connectivity index (χ0n) is 17.8. The minimum Gasteiger partial charge on any atom is -0.354 e. The van der Waals surface area contributed by atoms with E-state index in [0.717, 1.165) is 61.7 Å². The summed E-state index contributed by atoms with van der Waals surface area (Å²) in [5, 5.41) is 7.74. The summed E-state index contributed by atoms with van der Waals surface area (Å²) in [5.74, 6) is 1.75. The standard InChI is InChI=1S/C25H25N7/c26-22-18-9-3-1-7-17(18)12-25(22)14-31(15-25)20-13-27-21-23(28-20)29-30-24(21)32-11-5-8-16-6-2-4-10-19(16)32/h1-4,6-7,9-10,13,22H,5,8,11-12,14-15,26H2,(H,28,29,30)/t22-/m1/s1. The number of rotatable bonds is 2. The van der Waals surface area contributed by atoms with E-state index in [1.807, 2.05) is 6.20 Å². The van der Waals surface area contributed by atoms with Crippen molar-refractivity contribution in [1.82, 2.24) is 20.2 Å². The molecule has 1 saturated heterocycles. The molecule has 3 aliphatic rings. The molecule has 1 spiro atoms. The first-order valence-electron chi connectivity index (χ1n) is 11.4. The van der Waals surface area contributed by atoms with Crippen LogP contribution in [0.15, 0.2) is 54.7 Å². The quantitative estimate of drug-likeness (QED) is 0.513. The highest BCUT2D eigenvalue weighted by Gasteiger charge is 2.52. The largest absolute Gasteiger partial charge is 0.354 e. The lowest BCUT2D eigenvalue weighted by Gasteiger charge is -2.51. The number of aryl methyl sites for hydroxylation is 1. The summed E-state index contributed by atoms with van der Waals surface area (Å²) in [6.07, 6.45) is 5.14. The van der Waals surface area contributed by atoms with Crippen molar-refractivity contribution in [2.45, 2.75) is 25.3 Å². The van der Waals surface area contributed by atoms with Crippen LogP contribution < -0.4 is 15.5 Å². The molecule has 160 valence electrons. The monoisotopic (exact) mass is 423 g/mol. The van der Waals surface area contributed by atoms with Crippen LogP contribution in [0.2, 0.25) is 0 Å². The van der Waals surface area contributed by atoms with E-state index < -0.39 is 0 Å². The fourth-order valence-corrected chi connectivity index (χ4v) is 5.88. The second-order valence-electron chi connectivity index (χ2n) is 9.43. The Hall–Kier alpha value is -3.45. The predicted molar refractivity (Wildman–Crippen MR) is 125 cm³/mol. The van der Waals surface area contributed by atoms with Crippen LogP contribution in [0.25, 0.3) is 11.2 Å². The van der Waals surface area contributed by atoms with E-state index in [-0.39, 0.29) is 11.5 Å². The SMILES string of the molecule is N[C@@H]1c2ccccc2CC12CN(c1cnc3c(N4CCCc5ccccc54)n[nH]c3n1)C2. The molecule has 7 heteroatoms. The van der Waals surface area contributed by atoms with Crippen molar-refractivity contribution >= 4 is 28.5 Å². The molecular formula is C25H25N7. The number of nitrogens with zero attached hydrogens (tertiary/aromatic N) is 5. The van der Waals surface area contributed by atoms with Crippen molar-refractivity contribution in [3.8, 4) is 0 Å². The fraction of sp³-hybridized carbons (Fsp3) is 0.320. The van der Waals surface area contributed by atoms with Crippen LogP contribution in [0, 0.1) is 5.41 Å². The molecule has 7 rings (SSSR count). The minimum atomic E-state index is 0.0876. The van der Waals surface area contributed by atoms with Crippen molar-refractivity contribution in [2.75, 3.05) is 29.4 Å². The van der Waals surface area contributed by atoms with Gasteiger partial charge in [0, 0.05) is 36.8 Å². The molecular weight excluding hydrogens is 398 g/mol. The molecule has 32 heavy (non-hydrogen) atoms. The van der Waals surface area contributed by atoms with Gasteiger partial charge in [-0.15, -0.1) is 0 Å². The van der Waals surface area contributed by atoms with Crippen LogP contribution in [-0.4, -0.2) is 39.8 Å². The van der Waals surface area contributed by atoms with Crippen molar-refractivity contribution in [1.29, 1.82) is 0 Å². The third-order valence-electron chi connectivity index (χ3n) is 7.53. The Balaban J connectivity index is 1.16. The van der Waals surface area contributed by atoms with Crippen molar-refractivity contribution in [3.63, 3.8) is 0 Å². The van der Waals surface area contributed by atoms with Gasteiger partial charge in [0.2, 0.25) is 0 Å². The van der Waals surface area contributed by atoms with Gasteiger partial charge >= 0.3 is 0 Å². The van der Waals surface area contributed by atoms with Gasteiger partial charge in [-0.1, -0.05) is 42.5 Å². The Kier molecular flexibility index (Phi) is 3.70. The number of hydrogen-bond donors (Lipinski definition) is 2. The average Bonchev–Trinajstić information content (AvgIpc) is 3.36. The molecule has 4 aromatic rings. The molecule has 1 fully saturated rings. The number of para-hydroxylation sites is 1. The fourth-order valence-electron chi connectivity index (χ4n) is 5.88. The van der Waals surface area contributed by atoms with Crippen molar-refractivity contribution < 1.29 is 0 Å². The Labute approximate surface area is 186 Å². The second kappa shape index (κ2) is 6.53. The lowest BCUT2D eigenvalue weighted by atomic mass is 9.74. The van der Waals surface area contributed by atoms with Gasteiger partial charge in [0.05, 0.1) is 6.20 Å². The van der Waals surface area contributed by atoms with Crippen molar-refractivity contribution in [3.05, 3.63) is 71.4 Å². The maximum Gasteiger partial charge on any atom is 0.183 e. The number of aromatic nitrogens is 4. The molecule has 1 atom stereocenters. The lowest BCUT2D eigenvalue weighted by molar-refractivity contribution is 0.181. The summed E-state index contributed by atoms with van der Waals surface area (Å²) in [7, 11) is 0. The van der Waals surface area contributed by atoms with E-state index in [9.17, 15) is 0 Å². The molecule has 0 radical (unpaired) electrons. The number of aromatic amines is 1. The van der Waals surface area contributed by atoms with Gasteiger partial charge in [0.15, 0.2) is 17.0 Å². The number of nitrogens with one attached hydrogen (secondary N) is 1. The van der Waals surface area contributed by atoms with Gasteiger partial charge in [0.25, 0.3) is 0 Å². The third kappa shape index (κ3) is 2.48. The number of anilines is 3. The number of fused-ring (bicyclic) bond motifs is 3. The first kappa shape index (κ1) is 18.2. The highest BCUT2D eigenvalue weighted by Crippen LogP contribution is 2.50. The Morgan fingerprint density at radius 2 is 1.84 bits per heavy atom. The lowest BCUT2D eigenvalue weighted by Crippen LogP contribution is -2.60. The molecule has 0 amide bonds. The number of benzene rings is 2. The van der Waals surface area contributed by atoms with Gasteiger partial charge in [-0.05, 0) is 42.0 Å². The third-order valence-corrected chi connectivity index (χ3v) is 7.53. The van der Waals surface area contributed by atoms with Crippen LogP contribution in [0.3, 0.4) is 0 Å². The average molecular weight is 424 g/mol. The van der Waals surface area contributed by atoms with Crippen LogP contribution in [0.4, 0.5) is 17.3 Å². The molecule has 3 N–H and O–H groups in total. The molecule has 7 nitrogen and oxygen atoms in total. The first-order valence-corrected chi connectivity index (χ1v) is 11.4. The Bertz CT molecular complexity index is 1340. The second-order valence-corrected chi connectivity index (χ2v) is 9.43. The van der Waals surface area contributed by atoms with Gasteiger partial charge in [-0.25, -0.2) is 9.97 Å². The number of H-pyrrole nitrogens is 1. The molecule has 0 saturated carbocycles. The molecule has 0 unspecified atom stereocenters. The van der Waals surface area contributed by atoms with Crippen LogP contribution >= 0.6 is 0 Å². The number of hydrogen-bond acceptors (Lipinski definition) is 6. The van der Waals surface area contributed by atoms with E-state index in [4.69, 9.17) is 15.7 Å². The molecule has 2 aromatic heterocycles. The van der Waals surface area contributed by atoms with Gasteiger partial charge in [-0.3, -0.25) is 5.10 Å². The topological polar surface area (TPSA) is 87.0 Å². The zero-order chi connectivity index (χ0) is 21.3. The van der Waals surface area contributed by atoms with E-state index in [2.05, 4.69) is 68.5 Å². The maximum absolute atomic E-state index is 6.66. The summed E-state index contributed by atoms with van der Waals surface area (Å²) in [6.45, 7) is 2.75. The van der Waals surface area contributed by atoms with E-state index in [1.165, 1.54) is 22.4 Å². The summed E-state index contributed by atoms with van der Waals surface area (Å²) >= 11 is 0. The van der Waals surface area contributed by atoms with Crippen molar-refractivity contribution in [2.24, 2.45) is 11.1 Å². The highest BCUT2D eigenvalue weighted by atomic mass is 15.3. The molecule has 4 heterocycles. The van der Waals surface area contributed by atoms with Crippen LogP contribution in [-0.2, 0) is 12.8 Å². The number of nitrogens with two attached hydrogens (primary N) is 1. The van der Waals surface area contributed by atoms with Gasteiger partial charge in [0.1, 0.15) is 5.82 Å². The highest BCUT2D eigenvalue weighted by molar-refractivity contribution is 5.87. The predicted octanol–water partition coefficient (Wildman–Crippen LogP) is 3.50. The maximum atomic E-state index is 6.66.